The van der Waals surface area contributed by atoms with Gasteiger partial charge in [-0.3, -0.25) is 9.59 Å². The Morgan fingerprint density at radius 2 is 1.87 bits per heavy atom. The van der Waals surface area contributed by atoms with Gasteiger partial charge in [0, 0.05) is 22.8 Å². The SMILES string of the molecule is NC(=O)COc1cccc(C(=O)NCCSc2ccccc2)c1. The van der Waals surface area contributed by atoms with Crippen molar-refractivity contribution < 1.29 is 14.3 Å². The van der Waals surface area contributed by atoms with Gasteiger partial charge in [0.05, 0.1) is 0 Å². The molecule has 0 unspecified atom stereocenters. The van der Waals surface area contributed by atoms with E-state index < -0.39 is 5.91 Å². The number of carbonyl (C=O) groups is 2. The van der Waals surface area contributed by atoms with Crippen LogP contribution in [-0.4, -0.2) is 30.7 Å². The summed E-state index contributed by atoms with van der Waals surface area (Å²) in [5.74, 6) is 0.490. The van der Waals surface area contributed by atoms with E-state index in [1.54, 1.807) is 36.0 Å². The minimum atomic E-state index is -0.558. The second kappa shape index (κ2) is 8.85. The van der Waals surface area contributed by atoms with Gasteiger partial charge >= 0.3 is 0 Å². The van der Waals surface area contributed by atoms with Crippen LogP contribution >= 0.6 is 11.8 Å². The summed E-state index contributed by atoms with van der Waals surface area (Å²) in [5.41, 5.74) is 5.50. The number of rotatable bonds is 8. The molecule has 23 heavy (non-hydrogen) atoms. The highest BCUT2D eigenvalue weighted by atomic mass is 32.2. The fourth-order valence-corrected chi connectivity index (χ4v) is 2.62. The number of primary amides is 1. The first-order chi connectivity index (χ1) is 11.1. The van der Waals surface area contributed by atoms with Crippen molar-refractivity contribution in [3.05, 3.63) is 60.2 Å². The molecule has 0 aliphatic carbocycles. The van der Waals surface area contributed by atoms with Gasteiger partial charge in [0.15, 0.2) is 6.61 Å². The Bertz CT molecular complexity index is 662. The highest BCUT2D eigenvalue weighted by Gasteiger charge is 2.07. The summed E-state index contributed by atoms with van der Waals surface area (Å²) in [7, 11) is 0. The number of thioether (sulfide) groups is 1. The standard InChI is InChI=1S/C17H18N2O3S/c18-16(20)12-22-14-6-4-5-13(11-14)17(21)19-9-10-23-15-7-2-1-3-8-15/h1-8,11H,9-10,12H2,(H2,18,20)(H,19,21). The van der Waals surface area contributed by atoms with Gasteiger partial charge in [-0.05, 0) is 30.3 Å². The molecule has 120 valence electrons. The van der Waals surface area contributed by atoms with Gasteiger partial charge in [0.1, 0.15) is 5.75 Å². The van der Waals surface area contributed by atoms with Crippen LogP contribution in [0.3, 0.4) is 0 Å². The van der Waals surface area contributed by atoms with E-state index in [2.05, 4.69) is 5.32 Å². The van der Waals surface area contributed by atoms with Crippen molar-refractivity contribution in [3.63, 3.8) is 0 Å². The minimum Gasteiger partial charge on any atom is -0.484 e. The summed E-state index contributed by atoms with van der Waals surface area (Å²) < 4.78 is 5.18. The maximum atomic E-state index is 12.1. The summed E-state index contributed by atoms with van der Waals surface area (Å²) in [6.45, 7) is 0.351. The first kappa shape index (κ1) is 16.9. The largest absolute Gasteiger partial charge is 0.484 e. The maximum absolute atomic E-state index is 12.1. The van der Waals surface area contributed by atoms with Gasteiger partial charge in [-0.2, -0.15) is 0 Å². The zero-order valence-electron chi connectivity index (χ0n) is 12.5. The predicted molar refractivity (Wildman–Crippen MR) is 90.6 cm³/mol. The Labute approximate surface area is 139 Å². The third-order valence-corrected chi connectivity index (χ3v) is 3.89. The Morgan fingerprint density at radius 3 is 2.61 bits per heavy atom. The van der Waals surface area contributed by atoms with Crippen molar-refractivity contribution in [1.29, 1.82) is 0 Å². The molecule has 0 radical (unpaired) electrons. The number of hydrogen-bond acceptors (Lipinski definition) is 4. The number of carbonyl (C=O) groups excluding carboxylic acids is 2. The molecule has 0 saturated heterocycles. The van der Waals surface area contributed by atoms with Crippen LogP contribution in [0.2, 0.25) is 0 Å². The molecule has 2 amide bonds. The quantitative estimate of drug-likeness (QED) is 0.573. The number of hydrogen-bond donors (Lipinski definition) is 2. The normalized spacial score (nSPS) is 10.1. The molecule has 0 atom stereocenters. The summed E-state index contributed by atoms with van der Waals surface area (Å²) in [6.07, 6.45) is 0. The lowest BCUT2D eigenvalue weighted by Gasteiger charge is -2.08. The van der Waals surface area contributed by atoms with Crippen molar-refractivity contribution in [2.24, 2.45) is 5.73 Å². The van der Waals surface area contributed by atoms with Crippen LogP contribution in [0.15, 0.2) is 59.5 Å². The number of nitrogens with one attached hydrogen (secondary N) is 1. The molecule has 0 saturated carbocycles. The van der Waals surface area contributed by atoms with Crippen molar-refractivity contribution in [3.8, 4) is 5.75 Å². The zero-order valence-corrected chi connectivity index (χ0v) is 13.3. The van der Waals surface area contributed by atoms with Crippen LogP contribution in [0.5, 0.6) is 5.75 Å². The molecule has 6 heteroatoms. The van der Waals surface area contributed by atoms with Gasteiger partial charge < -0.3 is 15.8 Å². The van der Waals surface area contributed by atoms with Crippen molar-refractivity contribution in [2.75, 3.05) is 18.9 Å². The summed E-state index contributed by atoms with van der Waals surface area (Å²) >= 11 is 1.68. The van der Waals surface area contributed by atoms with E-state index in [0.29, 0.717) is 17.9 Å². The number of ether oxygens (including phenoxy) is 1. The van der Waals surface area contributed by atoms with E-state index >= 15 is 0 Å². The number of nitrogens with two attached hydrogens (primary N) is 1. The second-order valence-electron chi connectivity index (χ2n) is 4.70. The monoisotopic (exact) mass is 330 g/mol. The fraction of sp³-hybridized carbons (Fsp3) is 0.176. The van der Waals surface area contributed by atoms with Gasteiger partial charge in [-0.25, -0.2) is 0 Å². The molecule has 2 aromatic carbocycles. The van der Waals surface area contributed by atoms with Crippen molar-refractivity contribution >= 4 is 23.6 Å². The lowest BCUT2D eigenvalue weighted by molar-refractivity contribution is -0.119. The van der Waals surface area contributed by atoms with Gasteiger partial charge in [-0.1, -0.05) is 24.3 Å². The van der Waals surface area contributed by atoms with E-state index in [9.17, 15) is 9.59 Å². The molecular formula is C17H18N2O3S. The lowest BCUT2D eigenvalue weighted by atomic mass is 10.2. The molecular weight excluding hydrogens is 312 g/mol. The third kappa shape index (κ3) is 6.04. The van der Waals surface area contributed by atoms with Crippen molar-refractivity contribution in [2.45, 2.75) is 4.90 Å². The van der Waals surface area contributed by atoms with Gasteiger partial charge in [0.2, 0.25) is 0 Å². The van der Waals surface area contributed by atoms with Gasteiger partial charge in [-0.15, -0.1) is 11.8 Å². The van der Waals surface area contributed by atoms with E-state index in [4.69, 9.17) is 10.5 Å². The molecule has 0 fully saturated rings. The minimum absolute atomic E-state index is 0.178. The van der Waals surface area contributed by atoms with Crippen molar-refractivity contribution in [1.82, 2.24) is 5.32 Å². The molecule has 3 N–H and O–H groups in total. The molecule has 0 heterocycles. The molecule has 0 aliphatic rings. The van der Waals surface area contributed by atoms with E-state index in [1.807, 2.05) is 30.3 Å². The number of benzene rings is 2. The fourth-order valence-electron chi connectivity index (χ4n) is 1.83. The second-order valence-corrected chi connectivity index (χ2v) is 5.87. The highest BCUT2D eigenvalue weighted by molar-refractivity contribution is 7.99. The smallest absolute Gasteiger partial charge is 0.255 e. The van der Waals surface area contributed by atoms with Crippen LogP contribution < -0.4 is 15.8 Å². The Kier molecular flexibility index (Phi) is 6.50. The summed E-state index contributed by atoms with van der Waals surface area (Å²) in [4.78, 5) is 23.9. The average Bonchev–Trinajstić information content (AvgIpc) is 2.58. The molecule has 5 nitrogen and oxygen atoms in total. The van der Waals surface area contributed by atoms with Crippen LogP contribution in [-0.2, 0) is 4.79 Å². The van der Waals surface area contributed by atoms with Crippen LogP contribution in [0.1, 0.15) is 10.4 Å². The molecule has 0 bridgehead atoms. The third-order valence-electron chi connectivity index (χ3n) is 2.88. The first-order valence-corrected chi connectivity index (χ1v) is 8.11. The predicted octanol–water partition coefficient (Wildman–Crippen LogP) is 2.07. The molecule has 0 spiro atoms. The first-order valence-electron chi connectivity index (χ1n) is 7.12. The lowest BCUT2D eigenvalue weighted by Crippen LogP contribution is -2.25. The molecule has 2 rings (SSSR count). The Hall–Kier alpha value is -2.47. The maximum Gasteiger partial charge on any atom is 0.255 e. The average molecular weight is 330 g/mol. The highest BCUT2D eigenvalue weighted by Crippen LogP contribution is 2.16. The van der Waals surface area contributed by atoms with Crippen LogP contribution in [0.25, 0.3) is 0 Å². The Morgan fingerprint density at radius 1 is 1.09 bits per heavy atom. The summed E-state index contributed by atoms with van der Waals surface area (Å²) in [6, 6.07) is 16.7. The number of amides is 2. The molecule has 2 aromatic rings. The topological polar surface area (TPSA) is 81.4 Å². The molecule has 0 aromatic heterocycles. The van der Waals surface area contributed by atoms with Gasteiger partial charge in [0.25, 0.3) is 11.8 Å². The van der Waals surface area contributed by atoms with E-state index in [-0.39, 0.29) is 12.5 Å². The Balaban J connectivity index is 1.79. The zero-order chi connectivity index (χ0) is 16.5. The van der Waals surface area contributed by atoms with Crippen LogP contribution in [0, 0.1) is 0 Å². The van der Waals surface area contributed by atoms with E-state index in [0.717, 1.165) is 5.75 Å². The van der Waals surface area contributed by atoms with Crippen LogP contribution in [0.4, 0.5) is 0 Å². The summed E-state index contributed by atoms with van der Waals surface area (Å²) in [5, 5.41) is 2.85. The van der Waals surface area contributed by atoms with E-state index in [1.165, 1.54) is 4.90 Å². The molecule has 0 aliphatic heterocycles.